The van der Waals surface area contributed by atoms with E-state index in [1.807, 2.05) is 30.3 Å². The molecule has 1 unspecified atom stereocenters. The molecular weight excluding hydrogens is 260 g/mol. The third kappa shape index (κ3) is 4.60. The van der Waals surface area contributed by atoms with E-state index in [9.17, 15) is 0 Å². The maximum atomic E-state index is 5.89. The number of aromatic nitrogens is 1. The van der Waals surface area contributed by atoms with Crippen LogP contribution < -0.4 is 11.1 Å². The van der Waals surface area contributed by atoms with Gasteiger partial charge in [0.2, 0.25) is 0 Å². The fourth-order valence-electron chi connectivity index (χ4n) is 1.98. The fraction of sp³-hybridized carbons (Fsp3) is 0.294. The lowest BCUT2D eigenvalue weighted by Crippen LogP contribution is -2.22. The monoisotopic (exact) mass is 282 g/mol. The highest BCUT2D eigenvalue weighted by atomic mass is 15.1. The third-order valence-electron chi connectivity index (χ3n) is 3.50. The predicted molar refractivity (Wildman–Crippen MR) is 88.3 cm³/mol. The number of anilines is 1. The van der Waals surface area contributed by atoms with Crippen LogP contribution in [-0.2, 0) is 6.54 Å². The van der Waals surface area contributed by atoms with Gasteiger partial charge in [-0.2, -0.15) is 0 Å². The van der Waals surface area contributed by atoms with Gasteiger partial charge < -0.3 is 11.1 Å². The Morgan fingerprint density at radius 3 is 2.62 bits per heavy atom. The molecule has 0 radical (unpaired) electrons. The second-order valence-electron chi connectivity index (χ2n) is 5.08. The standard InChI is InChI=1S/C17H22N4/c1-3-13(2)14-7-9-15(10-8-14)21-17(18)20-12-16-6-4-5-11-19-16/h4-11,13H,3,12H2,1-2H3,(H3,18,20,21). The van der Waals surface area contributed by atoms with Gasteiger partial charge in [0, 0.05) is 11.9 Å². The van der Waals surface area contributed by atoms with Crippen molar-refractivity contribution in [3.05, 3.63) is 59.9 Å². The minimum atomic E-state index is 0.400. The number of guanidine groups is 1. The quantitative estimate of drug-likeness (QED) is 0.651. The first-order valence-corrected chi connectivity index (χ1v) is 7.26. The van der Waals surface area contributed by atoms with E-state index in [0.29, 0.717) is 18.4 Å². The van der Waals surface area contributed by atoms with Crippen molar-refractivity contribution in [3.63, 3.8) is 0 Å². The van der Waals surface area contributed by atoms with Gasteiger partial charge in [0.25, 0.3) is 0 Å². The average molecular weight is 282 g/mol. The third-order valence-corrected chi connectivity index (χ3v) is 3.50. The van der Waals surface area contributed by atoms with E-state index in [4.69, 9.17) is 5.73 Å². The molecule has 0 spiro atoms. The smallest absolute Gasteiger partial charge is 0.193 e. The van der Waals surface area contributed by atoms with E-state index < -0.39 is 0 Å². The summed E-state index contributed by atoms with van der Waals surface area (Å²) >= 11 is 0. The summed E-state index contributed by atoms with van der Waals surface area (Å²) in [5, 5.41) is 3.10. The van der Waals surface area contributed by atoms with Crippen LogP contribution in [-0.4, -0.2) is 10.9 Å². The highest BCUT2D eigenvalue weighted by Crippen LogP contribution is 2.20. The number of aliphatic imine (C=N–C) groups is 1. The molecule has 0 saturated carbocycles. The molecule has 0 bridgehead atoms. The molecule has 4 heteroatoms. The number of hydrogen-bond acceptors (Lipinski definition) is 2. The SMILES string of the molecule is CCC(C)c1ccc(NC(N)=NCc2ccccn2)cc1. The number of nitrogens with two attached hydrogens (primary N) is 1. The summed E-state index contributed by atoms with van der Waals surface area (Å²) in [6, 6.07) is 14.1. The second-order valence-corrected chi connectivity index (χ2v) is 5.08. The summed E-state index contributed by atoms with van der Waals surface area (Å²) in [7, 11) is 0. The van der Waals surface area contributed by atoms with E-state index in [0.717, 1.165) is 17.8 Å². The van der Waals surface area contributed by atoms with Gasteiger partial charge in [0.15, 0.2) is 5.96 Å². The summed E-state index contributed by atoms with van der Waals surface area (Å²) in [5.41, 5.74) is 9.07. The Labute approximate surface area is 126 Å². The number of nitrogens with one attached hydrogen (secondary N) is 1. The lowest BCUT2D eigenvalue weighted by atomic mass is 9.99. The Kier molecular flexibility index (Phi) is 5.32. The van der Waals surface area contributed by atoms with Gasteiger partial charge in [-0.15, -0.1) is 0 Å². The van der Waals surface area contributed by atoms with Crippen molar-refractivity contribution >= 4 is 11.6 Å². The molecule has 1 heterocycles. The number of nitrogens with zero attached hydrogens (tertiary/aromatic N) is 2. The van der Waals surface area contributed by atoms with Crippen LogP contribution in [0.2, 0.25) is 0 Å². The van der Waals surface area contributed by atoms with Crippen molar-refractivity contribution in [1.29, 1.82) is 0 Å². The molecule has 4 nitrogen and oxygen atoms in total. The average Bonchev–Trinajstić information content (AvgIpc) is 2.54. The zero-order chi connectivity index (χ0) is 15.1. The first-order valence-electron chi connectivity index (χ1n) is 7.26. The maximum Gasteiger partial charge on any atom is 0.193 e. The van der Waals surface area contributed by atoms with Crippen molar-refractivity contribution in [2.75, 3.05) is 5.32 Å². The largest absolute Gasteiger partial charge is 0.370 e. The Balaban J connectivity index is 1.94. The van der Waals surface area contributed by atoms with Crippen molar-refractivity contribution < 1.29 is 0 Å². The molecule has 21 heavy (non-hydrogen) atoms. The molecule has 0 aliphatic heterocycles. The normalized spacial score (nSPS) is 13.0. The summed E-state index contributed by atoms with van der Waals surface area (Å²) < 4.78 is 0. The van der Waals surface area contributed by atoms with Crippen molar-refractivity contribution in [2.45, 2.75) is 32.7 Å². The van der Waals surface area contributed by atoms with E-state index in [1.54, 1.807) is 6.20 Å². The van der Waals surface area contributed by atoms with Gasteiger partial charge in [0.1, 0.15) is 0 Å². The number of rotatable bonds is 5. The van der Waals surface area contributed by atoms with E-state index in [-0.39, 0.29) is 0 Å². The number of benzene rings is 1. The van der Waals surface area contributed by atoms with Crippen molar-refractivity contribution in [3.8, 4) is 0 Å². The molecule has 2 rings (SSSR count). The summed E-state index contributed by atoms with van der Waals surface area (Å²) in [6.45, 7) is 4.90. The molecule has 0 saturated heterocycles. The van der Waals surface area contributed by atoms with Crippen LogP contribution in [0.25, 0.3) is 0 Å². The van der Waals surface area contributed by atoms with Gasteiger partial charge >= 0.3 is 0 Å². The maximum absolute atomic E-state index is 5.89. The molecule has 2 aromatic rings. The molecule has 1 aromatic carbocycles. The van der Waals surface area contributed by atoms with Crippen LogP contribution in [0.1, 0.15) is 37.4 Å². The first kappa shape index (κ1) is 15.0. The fourth-order valence-corrected chi connectivity index (χ4v) is 1.98. The Morgan fingerprint density at radius 1 is 1.24 bits per heavy atom. The van der Waals surface area contributed by atoms with Crippen LogP contribution in [0.4, 0.5) is 5.69 Å². The highest BCUT2D eigenvalue weighted by molar-refractivity contribution is 5.92. The van der Waals surface area contributed by atoms with Crippen molar-refractivity contribution in [2.24, 2.45) is 10.7 Å². The van der Waals surface area contributed by atoms with Crippen LogP contribution in [0.3, 0.4) is 0 Å². The molecule has 0 amide bonds. The Morgan fingerprint density at radius 2 is 2.00 bits per heavy atom. The molecule has 0 aliphatic carbocycles. The summed E-state index contributed by atoms with van der Waals surface area (Å²) in [5.74, 6) is 0.978. The van der Waals surface area contributed by atoms with Crippen LogP contribution in [0.5, 0.6) is 0 Å². The van der Waals surface area contributed by atoms with Gasteiger partial charge in [-0.25, -0.2) is 4.99 Å². The van der Waals surface area contributed by atoms with Gasteiger partial charge in [0.05, 0.1) is 12.2 Å². The minimum absolute atomic E-state index is 0.400. The van der Waals surface area contributed by atoms with E-state index in [1.165, 1.54) is 5.56 Å². The van der Waals surface area contributed by atoms with E-state index in [2.05, 4.69) is 41.3 Å². The lowest BCUT2D eigenvalue weighted by molar-refractivity contribution is 0.734. The molecular formula is C17H22N4. The summed E-state index contributed by atoms with van der Waals surface area (Å²) in [4.78, 5) is 8.49. The second kappa shape index (κ2) is 7.43. The van der Waals surface area contributed by atoms with Crippen LogP contribution in [0, 0.1) is 0 Å². The zero-order valence-electron chi connectivity index (χ0n) is 12.6. The van der Waals surface area contributed by atoms with Crippen LogP contribution in [0.15, 0.2) is 53.7 Å². The molecule has 110 valence electrons. The van der Waals surface area contributed by atoms with Crippen molar-refractivity contribution in [1.82, 2.24) is 4.98 Å². The van der Waals surface area contributed by atoms with Crippen LogP contribution >= 0.6 is 0 Å². The summed E-state index contributed by atoms with van der Waals surface area (Å²) in [6.07, 6.45) is 2.89. The lowest BCUT2D eigenvalue weighted by Gasteiger charge is -2.10. The molecule has 3 N–H and O–H groups in total. The van der Waals surface area contributed by atoms with Gasteiger partial charge in [-0.3, -0.25) is 4.98 Å². The number of hydrogen-bond donors (Lipinski definition) is 2. The highest BCUT2D eigenvalue weighted by Gasteiger charge is 2.02. The Bertz CT molecular complexity index is 575. The zero-order valence-corrected chi connectivity index (χ0v) is 12.6. The van der Waals surface area contributed by atoms with E-state index >= 15 is 0 Å². The first-order chi connectivity index (χ1) is 10.2. The predicted octanol–water partition coefficient (Wildman–Crippen LogP) is 3.52. The Hall–Kier alpha value is -2.36. The molecule has 1 atom stereocenters. The van der Waals surface area contributed by atoms with Gasteiger partial charge in [-0.05, 0) is 42.2 Å². The minimum Gasteiger partial charge on any atom is -0.370 e. The molecule has 0 aliphatic rings. The molecule has 1 aromatic heterocycles. The molecule has 0 fully saturated rings. The number of pyridine rings is 1. The van der Waals surface area contributed by atoms with Gasteiger partial charge in [-0.1, -0.05) is 32.0 Å². The topological polar surface area (TPSA) is 63.3 Å².